The number of aliphatic hydroxyl groups is 1. The van der Waals surface area contributed by atoms with Gasteiger partial charge in [-0.25, -0.2) is 14.4 Å². The number of hydrogen-bond donors (Lipinski definition) is 4. The average Bonchev–Trinajstić information content (AvgIpc) is 3.12. The number of carboxylic acids is 2. The van der Waals surface area contributed by atoms with Crippen LogP contribution in [0.3, 0.4) is 0 Å². The Bertz CT molecular complexity index is 1250. The van der Waals surface area contributed by atoms with Crippen LogP contribution in [0, 0.1) is 0 Å². The van der Waals surface area contributed by atoms with Crippen molar-refractivity contribution in [2.24, 2.45) is 0 Å². The Morgan fingerprint density at radius 3 is 2.42 bits per heavy atom. The van der Waals surface area contributed by atoms with Crippen molar-refractivity contribution in [1.29, 1.82) is 0 Å². The monoisotopic (exact) mass is 523 g/mol. The van der Waals surface area contributed by atoms with Crippen molar-refractivity contribution in [3.63, 3.8) is 0 Å². The third-order valence-corrected chi connectivity index (χ3v) is 6.25. The fourth-order valence-corrected chi connectivity index (χ4v) is 4.36. The standard InChI is InChI=1S/C27H31NO4.C2H2O4/c1-2-31-27(30)18-32-25-13-12-20-8-5-9-24(15-23(20)16-25)28-17-26(29)22-11-10-19-6-3-4-7-21(19)14-22;3-1(4)2(5)6/h3-4,6-7,10-14,16,24,26,28-29H,2,5,8-9,15,17-18H2,1H3;(H,3,4)(H,5,6)/t24?,26-;/m1./s1. The molecule has 0 bridgehead atoms. The van der Waals surface area contributed by atoms with Crippen LogP contribution < -0.4 is 10.1 Å². The molecule has 2 atom stereocenters. The van der Waals surface area contributed by atoms with Gasteiger partial charge in [0, 0.05) is 12.6 Å². The number of aliphatic hydroxyl groups excluding tert-OH is 1. The predicted molar refractivity (Wildman–Crippen MR) is 141 cm³/mol. The highest BCUT2D eigenvalue weighted by atomic mass is 16.6. The Hall–Kier alpha value is -3.95. The van der Waals surface area contributed by atoms with Crippen molar-refractivity contribution in [2.75, 3.05) is 19.8 Å². The zero-order valence-corrected chi connectivity index (χ0v) is 21.3. The Morgan fingerprint density at radius 2 is 1.71 bits per heavy atom. The molecule has 1 aliphatic carbocycles. The molecule has 0 heterocycles. The van der Waals surface area contributed by atoms with Gasteiger partial charge >= 0.3 is 17.9 Å². The van der Waals surface area contributed by atoms with E-state index in [1.54, 1.807) is 6.92 Å². The quantitative estimate of drug-likeness (QED) is 0.198. The molecule has 9 heteroatoms. The predicted octanol–water partition coefficient (Wildman–Crippen LogP) is 3.51. The SMILES string of the molecule is CCOC(=O)COc1ccc2c(c1)CC(NC[C@@H](O)c1ccc3ccccc3c1)CCC2.O=C(O)C(=O)O. The summed E-state index contributed by atoms with van der Waals surface area (Å²) in [7, 11) is 0. The van der Waals surface area contributed by atoms with E-state index in [9.17, 15) is 9.90 Å². The average molecular weight is 524 g/mol. The van der Waals surface area contributed by atoms with E-state index in [1.807, 2.05) is 30.3 Å². The van der Waals surface area contributed by atoms with Crippen molar-refractivity contribution < 1.29 is 39.2 Å². The molecule has 202 valence electrons. The van der Waals surface area contributed by atoms with Crippen LogP contribution >= 0.6 is 0 Å². The summed E-state index contributed by atoms with van der Waals surface area (Å²) in [4.78, 5) is 29.8. The number of carboxylic acid groups (broad SMARTS) is 2. The molecule has 4 N–H and O–H groups in total. The van der Waals surface area contributed by atoms with Gasteiger partial charge in [-0.3, -0.25) is 0 Å². The van der Waals surface area contributed by atoms with E-state index >= 15 is 0 Å². The molecule has 1 unspecified atom stereocenters. The fraction of sp³-hybridized carbons (Fsp3) is 0.345. The summed E-state index contributed by atoms with van der Waals surface area (Å²) in [6.45, 7) is 2.57. The van der Waals surface area contributed by atoms with E-state index in [0.29, 0.717) is 18.9 Å². The molecule has 4 rings (SSSR count). The first-order chi connectivity index (χ1) is 18.3. The van der Waals surface area contributed by atoms with Crippen molar-refractivity contribution in [2.45, 2.75) is 44.8 Å². The molecule has 0 aromatic heterocycles. The highest BCUT2D eigenvalue weighted by Crippen LogP contribution is 2.26. The number of fused-ring (bicyclic) bond motifs is 2. The van der Waals surface area contributed by atoms with Crippen molar-refractivity contribution >= 4 is 28.7 Å². The second-order valence-corrected chi connectivity index (χ2v) is 8.96. The van der Waals surface area contributed by atoms with E-state index in [1.165, 1.54) is 16.5 Å². The van der Waals surface area contributed by atoms with Gasteiger partial charge in [0.15, 0.2) is 6.61 Å². The molecule has 0 amide bonds. The molecule has 0 fully saturated rings. The van der Waals surface area contributed by atoms with E-state index in [-0.39, 0.29) is 18.6 Å². The maximum atomic E-state index is 11.6. The van der Waals surface area contributed by atoms with Crippen LogP contribution in [0.1, 0.15) is 42.6 Å². The number of esters is 1. The van der Waals surface area contributed by atoms with Gasteiger partial charge in [0.05, 0.1) is 12.7 Å². The number of nitrogens with one attached hydrogen (secondary N) is 1. The minimum atomic E-state index is -1.82. The highest BCUT2D eigenvalue weighted by Gasteiger charge is 2.19. The smallest absolute Gasteiger partial charge is 0.414 e. The summed E-state index contributed by atoms with van der Waals surface area (Å²) >= 11 is 0. The Kier molecular flexibility index (Phi) is 10.6. The zero-order valence-electron chi connectivity index (χ0n) is 21.3. The molecular weight excluding hydrogens is 490 g/mol. The lowest BCUT2D eigenvalue weighted by Crippen LogP contribution is -2.34. The zero-order chi connectivity index (χ0) is 27.5. The van der Waals surface area contributed by atoms with Crippen LogP contribution in [-0.2, 0) is 32.0 Å². The topological polar surface area (TPSA) is 142 Å². The van der Waals surface area contributed by atoms with Crippen LogP contribution in [0.5, 0.6) is 5.75 Å². The number of ether oxygens (including phenoxy) is 2. The molecule has 0 radical (unpaired) electrons. The van der Waals surface area contributed by atoms with Crippen molar-refractivity contribution in [3.8, 4) is 5.75 Å². The van der Waals surface area contributed by atoms with Crippen LogP contribution in [0.2, 0.25) is 0 Å². The van der Waals surface area contributed by atoms with Crippen LogP contribution in [0.25, 0.3) is 10.8 Å². The summed E-state index contributed by atoms with van der Waals surface area (Å²) in [6, 6.07) is 20.7. The summed E-state index contributed by atoms with van der Waals surface area (Å²) in [5, 5.41) is 31.4. The maximum Gasteiger partial charge on any atom is 0.414 e. The van der Waals surface area contributed by atoms with Crippen LogP contribution in [0.15, 0.2) is 60.7 Å². The van der Waals surface area contributed by atoms with Gasteiger partial charge in [0.25, 0.3) is 0 Å². The first kappa shape index (κ1) is 28.6. The first-order valence-electron chi connectivity index (χ1n) is 12.5. The Labute approximate surface area is 221 Å². The first-order valence-corrected chi connectivity index (χ1v) is 12.5. The number of aliphatic carboxylic acids is 2. The van der Waals surface area contributed by atoms with Gasteiger partial charge in [0.1, 0.15) is 5.75 Å². The van der Waals surface area contributed by atoms with E-state index in [0.717, 1.165) is 36.6 Å². The molecule has 0 saturated heterocycles. The second kappa shape index (κ2) is 14.1. The number of aryl methyl sites for hydroxylation is 1. The third-order valence-electron chi connectivity index (χ3n) is 6.25. The fourth-order valence-electron chi connectivity index (χ4n) is 4.36. The molecular formula is C29H33NO8. The van der Waals surface area contributed by atoms with Crippen LogP contribution in [-0.4, -0.2) is 59.0 Å². The van der Waals surface area contributed by atoms with E-state index in [2.05, 4.69) is 35.6 Å². The lowest BCUT2D eigenvalue weighted by atomic mass is 10.0. The Morgan fingerprint density at radius 1 is 0.974 bits per heavy atom. The van der Waals surface area contributed by atoms with Gasteiger partial charge in [-0.1, -0.05) is 42.5 Å². The third kappa shape index (κ3) is 8.57. The molecule has 38 heavy (non-hydrogen) atoms. The lowest BCUT2D eigenvalue weighted by Gasteiger charge is -2.20. The second-order valence-electron chi connectivity index (χ2n) is 8.96. The molecule has 3 aromatic carbocycles. The molecule has 0 aliphatic heterocycles. The summed E-state index contributed by atoms with van der Waals surface area (Å²) in [5.41, 5.74) is 3.49. The van der Waals surface area contributed by atoms with Gasteiger partial charge in [-0.05, 0) is 78.3 Å². The van der Waals surface area contributed by atoms with Crippen molar-refractivity contribution in [1.82, 2.24) is 5.32 Å². The summed E-state index contributed by atoms with van der Waals surface area (Å²) < 4.78 is 10.5. The minimum absolute atomic E-state index is 0.0771. The lowest BCUT2D eigenvalue weighted by molar-refractivity contribution is -0.159. The highest BCUT2D eigenvalue weighted by molar-refractivity contribution is 6.27. The minimum Gasteiger partial charge on any atom is -0.482 e. The molecule has 1 aliphatic rings. The normalized spacial score (nSPS) is 15.3. The largest absolute Gasteiger partial charge is 0.482 e. The number of carbonyl (C=O) groups excluding carboxylic acids is 1. The molecule has 3 aromatic rings. The van der Waals surface area contributed by atoms with Crippen molar-refractivity contribution in [3.05, 3.63) is 77.4 Å². The number of benzene rings is 3. The number of hydrogen-bond acceptors (Lipinski definition) is 7. The Balaban J connectivity index is 0.000000599. The number of rotatable bonds is 8. The van der Waals surface area contributed by atoms with Crippen LogP contribution in [0.4, 0.5) is 0 Å². The molecule has 0 spiro atoms. The van der Waals surface area contributed by atoms with Gasteiger partial charge in [-0.2, -0.15) is 0 Å². The van der Waals surface area contributed by atoms with Gasteiger partial charge in [0.2, 0.25) is 0 Å². The molecule has 0 saturated carbocycles. The van der Waals surface area contributed by atoms with Gasteiger partial charge in [-0.15, -0.1) is 0 Å². The molecule has 9 nitrogen and oxygen atoms in total. The number of carbonyl (C=O) groups is 3. The van der Waals surface area contributed by atoms with E-state index in [4.69, 9.17) is 29.3 Å². The maximum absolute atomic E-state index is 11.6. The summed E-state index contributed by atoms with van der Waals surface area (Å²) in [5.74, 6) is -3.32. The summed E-state index contributed by atoms with van der Waals surface area (Å²) in [6.07, 6.45) is 3.49. The van der Waals surface area contributed by atoms with Gasteiger partial charge < -0.3 is 30.1 Å². The van der Waals surface area contributed by atoms with E-state index < -0.39 is 18.0 Å².